The lowest BCUT2D eigenvalue weighted by Crippen LogP contribution is -2.26. The van der Waals surface area contributed by atoms with E-state index in [1.807, 2.05) is 12.1 Å². The molecule has 1 unspecified atom stereocenters. The summed E-state index contributed by atoms with van der Waals surface area (Å²) in [4.78, 5) is 25.0. The lowest BCUT2D eigenvalue weighted by Gasteiger charge is -2.27. The Labute approximate surface area is 146 Å². The Morgan fingerprint density at radius 2 is 2.08 bits per heavy atom. The van der Waals surface area contributed by atoms with E-state index in [-0.39, 0.29) is 28.6 Å². The molecule has 1 aliphatic heterocycles. The zero-order chi connectivity index (χ0) is 19.0. The van der Waals surface area contributed by atoms with Crippen molar-refractivity contribution in [2.45, 2.75) is 12.8 Å². The van der Waals surface area contributed by atoms with Crippen LogP contribution in [0.15, 0.2) is 40.5 Å². The first-order valence-corrected chi connectivity index (χ1v) is 7.37. The van der Waals surface area contributed by atoms with Gasteiger partial charge < -0.3 is 10.5 Å². The van der Waals surface area contributed by atoms with Gasteiger partial charge in [0.05, 0.1) is 10.8 Å². The molecule has 0 aliphatic carbocycles. The maximum Gasteiger partial charge on any atom is 0.269 e. The standard InChI is InChI=1S/C17H11N5O4/c1-8-11(6-18)16(23)21-17-13(8)14(12(7-19)15(20)26-17)9-3-2-4-10(5-9)22(24)25/h2-5,14H,20H2,1H3,(H,21,23). The zero-order valence-electron chi connectivity index (χ0n) is 13.4. The molecule has 1 aromatic heterocycles. The Kier molecular flexibility index (Phi) is 3.91. The van der Waals surface area contributed by atoms with Crippen molar-refractivity contribution >= 4 is 5.69 Å². The van der Waals surface area contributed by atoms with E-state index in [0.717, 1.165) is 0 Å². The Bertz CT molecular complexity index is 1120. The predicted molar refractivity (Wildman–Crippen MR) is 88.9 cm³/mol. The molecule has 1 aromatic carbocycles. The number of fused-ring (bicyclic) bond motifs is 1. The SMILES string of the molecule is Cc1c2c([nH]c(=O)c1C#N)OC(N)=C(C#N)C2c1cccc([N+](=O)[O-])c1. The molecule has 2 aromatic rings. The van der Waals surface area contributed by atoms with Crippen LogP contribution in [0.1, 0.15) is 28.2 Å². The fourth-order valence-electron chi connectivity index (χ4n) is 2.99. The molecular weight excluding hydrogens is 338 g/mol. The van der Waals surface area contributed by atoms with Gasteiger partial charge in [-0.05, 0) is 18.1 Å². The van der Waals surface area contributed by atoms with Crippen LogP contribution < -0.4 is 16.0 Å². The number of nitrogens with two attached hydrogens (primary N) is 1. The average molecular weight is 349 g/mol. The van der Waals surface area contributed by atoms with Crippen molar-refractivity contribution in [3.8, 4) is 18.0 Å². The molecule has 9 nitrogen and oxygen atoms in total. The maximum atomic E-state index is 12.0. The number of nitrogens with one attached hydrogen (secondary N) is 1. The average Bonchev–Trinajstić information content (AvgIpc) is 2.61. The normalized spacial score (nSPS) is 15.4. The van der Waals surface area contributed by atoms with Crippen LogP contribution in [0.5, 0.6) is 5.88 Å². The number of hydrogen-bond acceptors (Lipinski definition) is 7. The summed E-state index contributed by atoms with van der Waals surface area (Å²) in [5.41, 5.74) is 6.04. The second-order valence-electron chi connectivity index (χ2n) is 5.59. The van der Waals surface area contributed by atoms with Crippen LogP contribution >= 0.6 is 0 Å². The number of ether oxygens (including phenoxy) is 1. The third kappa shape index (κ3) is 2.44. The van der Waals surface area contributed by atoms with Crippen molar-refractivity contribution in [2.24, 2.45) is 5.73 Å². The van der Waals surface area contributed by atoms with Crippen molar-refractivity contribution in [2.75, 3.05) is 0 Å². The number of benzene rings is 1. The number of H-pyrrole nitrogens is 1. The monoisotopic (exact) mass is 349 g/mol. The molecular formula is C17H11N5O4. The highest BCUT2D eigenvalue weighted by molar-refractivity contribution is 5.59. The number of rotatable bonds is 2. The number of nitrogens with zero attached hydrogens (tertiary/aromatic N) is 3. The van der Waals surface area contributed by atoms with Crippen molar-refractivity contribution in [1.82, 2.24) is 4.98 Å². The van der Waals surface area contributed by atoms with Crippen LogP contribution in [0.2, 0.25) is 0 Å². The van der Waals surface area contributed by atoms with E-state index < -0.39 is 16.4 Å². The van der Waals surface area contributed by atoms with E-state index in [0.29, 0.717) is 16.7 Å². The van der Waals surface area contributed by atoms with Crippen LogP contribution in [0.3, 0.4) is 0 Å². The maximum absolute atomic E-state index is 12.0. The van der Waals surface area contributed by atoms with Gasteiger partial charge in [-0.2, -0.15) is 10.5 Å². The molecule has 0 saturated heterocycles. The smallest absolute Gasteiger partial charge is 0.269 e. The lowest BCUT2D eigenvalue weighted by molar-refractivity contribution is -0.384. The van der Waals surface area contributed by atoms with E-state index in [4.69, 9.17) is 10.5 Å². The second kappa shape index (κ2) is 6.07. The quantitative estimate of drug-likeness (QED) is 0.616. The summed E-state index contributed by atoms with van der Waals surface area (Å²) in [7, 11) is 0. The first-order valence-electron chi connectivity index (χ1n) is 7.37. The van der Waals surface area contributed by atoms with E-state index in [1.165, 1.54) is 18.2 Å². The summed E-state index contributed by atoms with van der Waals surface area (Å²) in [6.07, 6.45) is 0. The zero-order valence-corrected chi connectivity index (χ0v) is 13.4. The van der Waals surface area contributed by atoms with Gasteiger partial charge in [-0.1, -0.05) is 12.1 Å². The van der Waals surface area contributed by atoms with Gasteiger partial charge in [-0.25, -0.2) is 0 Å². The minimum atomic E-state index is -0.812. The van der Waals surface area contributed by atoms with Gasteiger partial charge in [0.25, 0.3) is 11.2 Å². The Morgan fingerprint density at radius 3 is 2.69 bits per heavy atom. The van der Waals surface area contributed by atoms with Crippen molar-refractivity contribution < 1.29 is 9.66 Å². The molecule has 0 radical (unpaired) electrons. The number of nitro benzene ring substituents is 1. The third-order valence-corrected chi connectivity index (χ3v) is 4.18. The van der Waals surface area contributed by atoms with Gasteiger partial charge in [0, 0.05) is 17.7 Å². The number of aromatic amines is 1. The molecule has 26 heavy (non-hydrogen) atoms. The van der Waals surface area contributed by atoms with Crippen molar-refractivity contribution in [1.29, 1.82) is 10.5 Å². The fraction of sp³-hybridized carbons (Fsp3) is 0.118. The molecule has 0 bridgehead atoms. The number of nitriles is 2. The minimum Gasteiger partial charge on any atom is -0.424 e. The molecule has 1 atom stereocenters. The summed E-state index contributed by atoms with van der Waals surface area (Å²) >= 11 is 0. The van der Waals surface area contributed by atoms with Crippen LogP contribution in [-0.4, -0.2) is 9.91 Å². The van der Waals surface area contributed by atoms with Crippen LogP contribution in [0.4, 0.5) is 5.69 Å². The summed E-state index contributed by atoms with van der Waals surface area (Å²) in [6.45, 7) is 1.55. The highest BCUT2D eigenvalue weighted by Crippen LogP contribution is 2.43. The summed E-state index contributed by atoms with van der Waals surface area (Å²) < 4.78 is 5.36. The number of non-ortho nitro benzene ring substituents is 1. The summed E-state index contributed by atoms with van der Waals surface area (Å²) in [6, 6.07) is 9.51. The van der Waals surface area contributed by atoms with Crippen LogP contribution in [0.25, 0.3) is 0 Å². The number of hydrogen-bond donors (Lipinski definition) is 2. The molecule has 3 N–H and O–H groups in total. The molecule has 0 saturated carbocycles. The third-order valence-electron chi connectivity index (χ3n) is 4.18. The molecule has 0 fully saturated rings. The number of pyridine rings is 1. The first-order chi connectivity index (χ1) is 12.4. The highest BCUT2D eigenvalue weighted by atomic mass is 16.6. The number of aromatic nitrogens is 1. The van der Waals surface area contributed by atoms with Crippen LogP contribution in [0, 0.1) is 39.7 Å². The number of allylic oxidation sites excluding steroid dienone is 1. The highest BCUT2D eigenvalue weighted by Gasteiger charge is 2.34. The van der Waals surface area contributed by atoms with Gasteiger partial charge >= 0.3 is 0 Å². The van der Waals surface area contributed by atoms with E-state index in [1.54, 1.807) is 13.0 Å². The van der Waals surface area contributed by atoms with E-state index >= 15 is 0 Å². The Morgan fingerprint density at radius 1 is 1.35 bits per heavy atom. The first kappa shape index (κ1) is 16.7. The van der Waals surface area contributed by atoms with Crippen molar-refractivity contribution in [3.05, 3.63) is 78.4 Å². The Balaban J connectivity index is 2.36. The molecule has 128 valence electrons. The predicted octanol–water partition coefficient (Wildman–Crippen LogP) is 1.68. The van der Waals surface area contributed by atoms with Gasteiger partial charge in [-0.3, -0.25) is 19.9 Å². The van der Waals surface area contributed by atoms with E-state index in [2.05, 4.69) is 4.98 Å². The second-order valence-corrected chi connectivity index (χ2v) is 5.59. The topological polar surface area (TPSA) is 159 Å². The minimum absolute atomic E-state index is 0.0134. The molecule has 0 spiro atoms. The lowest BCUT2D eigenvalue weighted by atomic mass is 9.81. The van der Waals surface area contributed by atoms with E-state index in [9.17, 15) is 25.4 Å². The molecule has 3 rings (SSSR count). The van der Waals surface area contributed by atoms with Crippen molar-refractivity contribution in [3.63, 3.8) is 0 Å². The number of nitro groups is 1. The summed E-state index contributed by atoms with van der Waals surface area (Å²) in [5, 5.41) is 29.9. The fourth-order valence-corrected chi connectivity index (χ4v) is 2.99. The molecule has 1 aliphatic rings. The molecule has 0 amide bonds. The van der Waals surface area contributed by atoms with Gasteiger partial charge in [0.15, 0.2) is 0 Å². The Hall–Kier alpha value is -4.11. The molecule has 2 heterocycles. The largest absolute Gasteiger partial charge is 0.424 e. The van der Waals surface area contributed by atoms with Gasteiger partial charge in [0.2, 0.25) is 11.8 Å². The van der Waals surface area contributed by atoms with Gasteiger partial charge in [0.1, 0.15) is 23.3 Å². The molecule has 9 heteroatoms. The summed E-state index contributed by atoms with van der Waals surface area (Å²) in [5.74, 6) is -1.01. The van der Waals surface area contributed by atoms with Gasteiger partial charge in [-0.15, -0.1) is 0 Å². The van der Waals surface area contributed by atoms with Crippen LogP contribution in [-0.2, 0) is 0 Å².